The minimum Gasteiger partial charge on any atom is -0.299 e. The molecule has 200 valence electrons. The van der Waals surface area contributed by atoms with Gasteiger partial charge in [-0.25, -0.2) is 0 Å². The van der Waals surface area contributed by atoms with E-state index in [4.69, 9.17) is 5.41 Å². The molecule has 5 aromatic rings. The first-order chi connectivity index (χ1) is 19.8. The number of hydrazone groups is 1. The first-order valence-corrected chi connectivity index (χ1v) is 12.9. The van der Waals surface area contributed by atoms with Gasteiger partial charge in [-0.15, -0.1) is 0 Å². The van der Waals surface area contributed by atoms with Gasteiger partial charge in [0.25, 0.3) is 0 Å². The normalized spacial score (nSPS) is 14.4. The van der Waals surface area contributed by atoms with Gasteiger partial charge in [0.1, 0.15) is 5.71 Å². The van der Waals surface area contributed by atoms with Crippen molar-refractivity contribution in [2.24, 2.45) is 5.10 Å². The zero-order valence-electron chi connectivity index (χ0n) is 21.7. The summed E-state index contributed by atoms with van der Waals surface area (Å²) in [5, 5.41) is 13.9. The highest BCUT2D eigenvalue weighted by molar-refractivity contribution is 6.51. The maximum Gasteiger partial charge on any atom is 0.416 e. The molecule has 1 aliphatic carbocycles. The van der Waals surface area contributed by atoms with Crippen LogP contribution in [-0.4, -0.2) is 16.4 Å². The van der Waals surface area contributed by atoms with Gasteiger partial charge in [-0.2, -0.15) is 18.3 Å². The lowest BCUT2D eigenvalue weighted by molar-refractivity contribution is -0.137. The highest BCUT2D eigenvalue weighted by Gasteiger charge is 2.30. The van der Waals surface area contributed by atoms with Crippen LogP contribution in [0.2, 0.25) is 0 Å². The molecule has 1 aromatic heterocycles. The lowest BCUT2D eigenvalue weighted by Gasteiger charge is -2.12. The molecule has 0 bridgehead atoms. The minimum absolute atomic E-state index is 0.246. The number of hydrogen-bond acceptors (Lipinski definition) is 4. The Morgan fingerprint density at radius 3 is 2.15 bits per heavy atom. The number of aromatic nitrogens is 1. The number of nitrogens with zero attached hydrogens (tertiary/aromatic N) is 2. The molecule has 0 atom stereocenters. The Balaban J connectivity index is 1.12. The molecular weight excluding hydrogens is 521 g/mol. The fourth-order valence-corrected chi connectivity index (χ4v) is 4.63. The highest BCUT2D eigenvalue weighted by Crippen LogP contribution is 2.33. The smallest absolute Gasteiger partial charge is 0.299 e. The van der Waals surface area contributed by atoms with E-state index in [9.17, 15) is 13.2 Å². The van der Waals surface area contributed by atoms with Crippen molar-refractivity contribution in [1.82, 2.24) is 4.98 Å². The molecule has 4 aromatic carbocycles. The van der Waals surface area contributed by atoms with E-state index in [0.717, 1.165) is 51.0 Å². The summed E-state index contributed by atoms with van der Waals surface area (Å²) in [6.45, 7) is 0. The molecule has 0 unspecified atom stereocenters. The van der Waals surface area contributed by atoms with E-state index in [1.807, 2.05) is 72.9 Å². The molecule has 0 radical (unpaired) electrons. The van der Waals surface area contributed by atoms with Crippen LogP contribution in [0.5, 0.6) is 0 Å². The second-order valence-electron chi connectivity index (χ2n) is 9.61. The van der Waals surface area contributed by atoms with Gasteiger partial charge in [0.15, 0.2) is 0 Å². The fraction of sp³-hybridized carbons (Fsp3) is 0.0294. The molecule has 6 rings (SSSR count). The second kappa shape index (κ2) is 10.7. The summed E-state index contributed by atoms with van der Waals surface area (Å²) < 4.78 is 39.2. The third kappa shape index (κ3) is 5.70. The van der Waals surface area contributed by atoms with Gasteiger partial charge in [0.2, 0.25) is 0 Å². The van der Waals surface area contributed by atoms with E-state index in [1.54, 1.807) is 30.4 Å². The van der Waals surface area contributed by atoms with Crippen molar-refractivity contribution in [3.63, 3.8) is 0 Å². The Hall–Kier alpha value is -5.30. The van der Waals surface area contributed by atoms with Crippen LogP contribution in [0, 0.1) is 5.41 Å². The zero-order valence-corrected chi connectivity index (χ0v) is 21.7. The number of nitrogens with one attached hydrogen (secondary N) is 2. The van der Waals surface area contributed by atoms with Crippen molar-refractivity contribution < 1.29 is 13.2 Å². The topological polar surface area (TPSA) is 61.1 Å². The molecule has 0 spiro atoms. The van der Waals surface area contributed by atoms with E-state index < -0.39 is 11.7 Å². The number of pyridine rings is 1. The van der Waals surface area contributed by atoms with Crippen molar-refractivity contribution in [2.75, 3.05) is 5.43 Å². The highest BCUT2D eigenvalue weighted by atomic mass is 19.4. The van der Waals surface area contributed by atoms with Gasteiger partial charge < -0.3 is 0 Å². The summed E-state index contributed by atoms with van der Waals surface area (Å²) in [5.74, 6) is 0. The number of rotatable bonds is 5. The average molecular weight is 545 g/mol. The number of halogens is 3. The summed E-state index contributed by atoms with van der Waals surface area (Å²) in [6.07, 6.45) is 2.83. The Labute approximate surface area is 234 Å². The van der Waals surface area contributed by atoms with E-state index >= 15 is 0 Å². The Morgan fingerprint density at radius 1 is 0.683 bits per heavy atom. The molecule has 4 nitrogen and oxygen atoms in total. The van der Waals surface area contributed by atoms with E-state index in [-0.39, 0.29) is 5.71 Å². The predicted molar refractivity (Wildman–Crippen MR) is 160 cm³/mol. The number of hydrogen-bond donors (Lipinski definition) is 2. The largest absolute Gasteiger partial charge is 0.416 e. The SMILES string of the molecule is N=C1C=C(c2ccc(-c3cccc(C(F)(F)F)c3)cc2)C=C/C1=N\Nc1ccc(-c2cnc3ccccc3c2)cc1. The standard InChI is InChI=1S/C34H23F3N4/c35-34(36,37)29-6-3-5-25(19-29)22-8-10-23(11-9-22)26-14-17-33(31(38)20-26)41-40-30-15-12-24(13-16-30)28-18-27-4-1-2-7-32(27)39-21-28/h1-21,38,40H/b38-31?,41-33+. The van der Waals surface area contributed by atoms with Crippen LogP contribution >= 0.6 is 0 Å². The van der Waals surface area contributed by atoms with Gasteiger partial charge in [-0.1, -0.05) is 72.8 Å². The van der Waals surface area contributed by atoms with Crippen LogP contribution in [0.25, 0.3) is 38.7 Å². The van der Waals surface area contributed by atoms with E-state index in [2.05, 4.69) is 21.6 Å². The van der Waals surface area contributed by atoms with Crippen LogP contribution in [0.3, 0.4) is 0 Å². The van der Waals surface area contributed by atoms with Crippen LogP contribution in [0.1, 0.15) is 11.1 Å². The molecule has 0 fully saturated rings. The van der Waals surface area contributed by atoms with Crippen molar-refractivity contribution in [2.45, 2.75) is 6.18 Å². The number of para-hydroxylation sites is 1. The van der Waals surface area contributed by atoms with Crippen LogP contribution in [-0.2, 0) is 6.18 Å². The Morgan fingerprint density at radius 2 is 1.39 bits per heavy atom. The quantitative estimate of drug-likeness (QED) is 0.171. The third-order valence-corrected chi connectivity index (χ3v) is 6.85. The lowest BCUT2D eigenvalue weighted by Crippen LogP contribution is -2.13. The maximum absolute atomic E-state index is 13.1. The molecular formula is C34H23F3N4. The number of allylic oxidation sites excluding steroid dienone is 4. The lowest BCUT2D eigenvalue weighted by atomic mass is 9.95. The Kier molecular flexibility index (Phi) is 6.77. The fourth-order valence-electron chi connectivity index (χ4n) is 4.63. The van der Waals surface area contributed by atoms with Crippen molar-refractivity contribution >= 4 is 33.6 Å². The second-order valence-corrected chi connectivity index (χ2v) is 9.61. The minimum atomic E-state index is -4.39. The van der Waals surface area contributed by atoms with Crippen molar-refractivity contribution in [3.8, 4) is 22.3 Å². The Bertz CT molecular complexity index is 1850. The molecule has 0 amide bonds. The molecule has 0 aliphatic heterocycles. The molecule has 1 heterocycles. The van der Waals surface area contributed by atoms with Gasteiger partial charge in [0, 0.05) is 17.1 Å². The van der Waals surface area contributed by atoms with Crippen molar-refractivity contribution in [3.05, 3.63) is 139 Å². The average Bonchev–Trinajstić information content (AvgIpc) is 3.00. The molecule has 0 saturated heterocycles. The summed E-state index contributed by atoms with van der Waals surface area (Å²) >= 11 is 0. The summed E-state index contributed by atoms with van der Waals surface area (Å²) in [7, 11) is 0. The van der Waals surface area contributed by atoms with Gasteiger partial charge in [-0.3, -0.25) is 15.8 Å². The summed E-state index contributed by atoms with van der Waals surface area (Å²) in [6, 6.07) is 30.5. The number of fused-ring (bicyclic) bond motifs is 1. The van der Waals surface area contributed by atoms with Crippen LogP contribution in [0.4, 0.5) is 18.9 Å². The van der Waals surface area contributed by atoms with Gasteiger partial charge in [0.05, 0.1) is 22.5 Å². The molecule has 1 aliphatic rings. The van der Waals surface area contributed by atoms with E-state index in [0.29, 0.717) is 16.8 Å². The number of alkyl halides is 3. The predicted octanol–water partition coefficient (Wildman–Crippen LogP) is 9.03. The number of anilines is 1. The summed E-state index contributed by atoms with van der Waals surface area (Å²) in [4.78, 5) is 4.53. The van der Waals surface area contributed by atoms with Crippen molar-refractivity contribution in [1.29, 1.82) is 5.41 Å². The first-order valence-electron chi connectivity index (χ1n) is 12.9. The zero-order chi connectivity index (χ0) is 28.4. The summed E-state index contributed by atoms with van der Waals surface area (Å²) in [5.41, 5.74) is 9.74. The van der Waals surface area contributed by atoms with Gasteiger partial charge in [-0.05, 0) is 76.4 Å². The molecule has 7 heteroatoms. The monoisotopic (exact) mass is 544 g/mol. The van der Waals surface area contributed by atoms with Crippen LogP contribution in [0.15, 0.2) is 133 Å². The van der Waals surface area contributed by atoms with E-state index in [1.165, 1.54) is 6.07 Å². The molecule has 41 heavy (non-hydrogen) atoms. The number of benzene rings is 4. The molecule has 2 N–H and O–H groups in total. The molecule has 0 saturated carbocycles. The third-order valence-electron chi connectivity index (χ3n) is 6.85. The van der Waals surface area contributed by atoms with Crippen LogP contribution < -0.4 is 5.43 Å². The first kappa shape index (κ1) is 26.0. The maximum atomic E-state index is 13.1. The van der Waals surface area contributed by atoms with Gasteiger partial charge >= 0.3 is 6.18 Å².